The third kappa shape index (κ3) is 6.31. The van der Waals surface area contributed by atoms with Crippen molar-refractivity contribution in [2.45, 2.75) is 19.0 Å². The summed E-state index contributed by atoms with van der Waals surface area (Å²) in [6.07, 6.45) is 1.61. The van der Waals surface area contributed by atoms with Crippen LogP contribution in [0.5, 0.6) is 5.75 Å². The summed E-state index contributed by atoms with van der Waals surface area (Å²) in [5.74, 6) is 3.57. The fraction of sp³-hybridized carbons (Fsp3) is 0.421. The molecule has 0 saturated carbocycles. The molecule has 29 heavy (non-hydrogen) atoms. The molecule has 1 N–H and O–H groups in total. The van der Waals surface area contributed by atoms with Crippen molar-refractivity contribution < 1.29 is 4.74 Å². The van der Waals surface area contributed by atoms with Gasteiger partial charge in [0.1, 0.15) is 12.1 Å². The lowest BCUT2D eigenvalue weighted by Crippen LogP contribution is -2.19. The first-order valence-corrected chi connectivity index (χ1v) is 10.4. The van der Waals surface area contributed by atoms with Crippen LogP contribution in [0.4, 0.5) is 11.9 Å². The topological polar surface area (TPSA) is 93.9 Å². The van der Waals surface area contributed by atoms with E-state index in [1.54, 1.807) is 11.0 Å². The van der Waals surface area contributed by atoms with Gasteiger partial charge in [-0.1, -0.05) is 43.8 Å². The maximum atomic E-state index is 5.69. The molecule has 2 aromatic heterocycles. The zero-order valence-electron chi connectivity index (χ0n) is 17.1. The van der Waals surface area contributed by atoms with Crippen LogP contribution >= 0.6 is 11.8 Å². The van der Waals surface area contributed by atoms with Crippen LogP contribution in [0.3, 0.4) is 0 Å². The lowest BCUT2D eigenvalue weighted by molar-refractivity contribution is 0.344. The standard InChI is InChI=1S/C19H26N8OS/c1-14(2)12-20-16-22-17(26(3)4)24-18(23-16)27-13-21-19(25-27)29-11-10-28-15-8-6-5-7-9-15/h5-9,13-14H,10-12H2,1-4H3,(H,20,22,23,24). The van der Waals surface area contributed by atoms with Crippen LogP contribution in [0, 0.1) is 5.92 Å². The Kier molecular flexibility index (Phi) is 7.23. The molecule has 0 spiro atoms. The summed E-state index contributed by atoms with van der Waals surface area (Å²) < 4.78 is 7.26. The van der Waals surface area contributed by atoms with Gasteiger partial charge in [-0.15, -0.1) is 5.10 Å². The van der Waals surface area contributed by atoms with Gasteiger partial charge >= 0.3 is 0 Å². The number of para-hydroxylation sites is 1. The molecule has 0 saturated heterocycles. The summed E-state index contributed by atoms with van der Waals surface area (Å²) >= 11 is 1.52. The van der Waals surface area contributed by atoms with E-state index in [1.165, 1.54) is 11.8 Å². The van der Waals surface area contributed by atoms with Gasteiger partial charge in [0.05, 0.1) is 6.61 Å². The van der Waals surface area contributed by atoms with Crippen molar-refractivity contribution in [3.8, 4) is 11.7 Å². The predicted octanol–water partition coefficient (Wildman–Crippen LogP) is 2.76. The average molecular weight is 415 g/mol. The summed E-state index contributed by atoms with van der Waals surface area (Å²) in [5, 5.41) is 8.36. The van der Waals surface area contributed by atoms with Crippen LogP contribution in [0.1, 0.15) is 13.8 Å². The Morgan fingerprint density at radius 1 is 1.14 bits per heavy atom. The lowest BCUT2D eigenvalue weighted by Gasteiger charge is -2.14. The largest absolute Gasteiger partial charge is 0.493 e. The van der Waals surface area contributed by atoms with E-state index in [4.69, 9.17) is 4.74 Å². The first-order valence-electron chi connectivity index (χ1n) is 9.41. The van der Waals surface area contributed by atoms with Crippen molar-refractivity contribution in [3.63, 3.8) is 0 Å². The highest BCUT2D eigenvalue weighted by Gasteiger charge is 2.12. The van der Waals surface area contributed by atoms with E-state index in [1.807, 2.05) is 49.3 Å². The van der Waals surface area contributed by atoms with Crippen molar-refractivity contribution in [1.29, 1.82) is 0 Å². The van der Waals surface area contributed by atoms with Gasteiger partial charge in [-0.05, 0) is 18.1 Å². The molecule has 3 aromatic rings. The molecular formula is C19H26N8OS. The maximum Gasteiger partial charge on any atom is 0.258 e. The number of rotatable bonds is 10. The van der Waals surface area contributed by atoms with E-state index in [9.17, 15) is 0 Å². The second kappa shape index (κ2) is 10.1. The van der Waals surface area contributed by atoms with Gasteiger partial charge in [-0.25, -0.2) is 4.98 Å². The number of nitrogens with one attached hydrogen (secondary N) is 1. The Bertz CT molecular complexity index is 900. The second-order valence-corrected chi connectivity index (χ2v) is 7.97. The highest BCUT2D eigenvalue weighted by molar-refractivity contribution is 7.99. The molecule has 2 heterocycles. The molecule has 10 heteroatoms. The van der Waals surface area contributed by atoms with Crippen LogP contribution in [-0.2, 0) is 0 Å². The molecule has 0 aliphatic rings. The number of benzene rings is 1. The zero-order valence-corrected chi connectivity index (χ0v) is 17.9. The van der Waals surface area contributed by atoms with Crippen LogP contribution < -0.4 is 15.0 Å². The molecule has 154 valence electrons. The minimum absolute atomic E-state index is 0.426. The molecular weight excluding hydrogens is 388 g/mol. The molecule has 0 aliphatic carbocycles. The Labute approximate surface area is 174 Å². The Morgan fingerprint density at radius 2 is 1.93 bits per heavy atom. The highest BCUT2D eigenvalue weighted by atomic mass is 32.2. The molecule has 1 aromatic carbocycles. The minimum atomic E-state index is 0.426. The van der Waals surface area contributed by atoms with Crippen LogP contribution in [0.15, 0.2) is 41.8 Å². The molecule has 0 fully saturated rings. The Balaban J connectivity index is 1.63. The maximum absolute atomic E-state index is 5.69. The SMILES string of the molecule is CC(C)CNc1nc(N(C)C)nc(-n2cnc(SCCOc3ccccc3)n2)n1. The van der Waals surface area contributed by atoms with E-state index in [0.29, 0.717) is 35.5 Å². The van der Waals surface area contributed by atoms with Crippen LogP contribution in [0.25, 0.3) is 5.95 Å². The van der Waals surface area contributed by atoms with Gasteiger partial charge in [0.25, 0.3) is 5.95 Å². The number of aromatic nitrogens is 6. The zero-order chi connectivity index (χ0) is 20.6. The van der Waals surface area contributed by atoms with Gasteiger partial charge in [0.2, 0.25) is 17.1 Å². The smallest absolute Gasteiger partial charge is 0.258 e. The van der Waals surface area contributed by atoms with E-state index in [2.05, 4.69) is 44.2 Å². The van der Waals surface area contributed by atoms with Gasteiger partial charge in [-0.3, -0.25) is 0 Å². The van der Waals surface area contributed by atoms with Crippen molar-refractivity contribution >= 4 is 23.7 Å². The summed E-state index contributed by atoms with van der Waals surface area (Å²) in [6.45, 7) is 5.61. The number of ether oxygens (including phenoxy) is 1. The molecule has 3 rings (SSSR count). The van der Waals surface area contributed by atoms with Gasteiger partial charge in [-0.2, -0.15) is 19.6 Å². The van der Waals surface area contributed by atoms with Crippen molar-refractivity contribution in [2.24, 2.45) is 5.92 Å². The van der Waals surface area contributed by atoms with Gasteiger partial charge < -0.3 is 15.0 Å². The summed E-state index contributed by atoms with van der Waals surface area (Å²) in [6, 6.07) is 9.74. The van der Waals surface area contributed by atoms with Crippen molar-refractivity contribution in [2.75, 3.05) is 43.2 Å². The summed E-state index contributed by atoms with van der Waals surface area (Å²) in [4.78, 5) is 19.6. The molecule has 0 bridgehead atoms. The van der Waals surface area contributed by atoms with Crippen molar-refractivity contribution in [3.05, 3.63) is 36.7 Å². The lowest BCUT2D eigenvalue weighted by atomic mass is 10.2. The third-order valence-electron chi connectivity index (χ3n) is 3.68. The molecule has 0 atom stereocenters. The minimum Gasteiger partial charge on any atom is -0.493 e. The normalized spacial score (nSPS) is 10.9. The number of hydrogen-bond donors (Lipinski definition) is 1. The fourth-order valence-corrected chi connectivity index (χ4v) is 2.87. The number of hydrogen-bond acceptors (Lipinski definition) is 9. The monoisotopic (exact) mass is 414 g/mol. The van der Waals surface area contributed by atoms with E-state index in [0.717, 1.165) is 18.0 Å². The van der Waals surface area contributed by atoms with Crippen LogP contribution in [-0.4, -0.2) is 62.7 Å². The summed E-state index contributed by atoms with van der Waals surface area (Å²) in [7, 11) is 3.78. The number of nitrogens with zero attached hydrogens (tertiary/aromatic N) is 7. The molecule has 0 amide bonds. The number of thioether (sulfide) groups is 1. The van der Waals surface area contributed by atoms with Gasteiger partial charge in [0.15, 0.2) is 0 Å². The average Bonchev–Trinajstić information content (AvgIpc) is 3.19. The molecule has 9 nitrogen and oxygen atoms in total. The quantitative estimate of drug-likeness (QED) is 0.397. The van der Waals surface area contributed by atoms with E-state index < -0.39 is 0 Å². The second-order valence-electron chi connectivity index (χ2n) is 6.91. The van der Waals surface area contributed by atoms with Gasteiger partial charge in [0, 0.05) is 26.4 Å². The fourth-order valence-electron chi connectivity index (χ4n) is 2.25. The van der Waals surface area contributed by atoms with E-state index in [-0.39, 0.29) is 0 Å². The first kappa shape index (κ1) is 20.8. The highest BCUT2D eigenvalue weighted by Crippen LogP contribution is 2.16. The predicted molar refractivity (Wildman–Crippen MR) is 115 cm³/mol. The van der Waals surface area contributed by atoms with Crippen molar-refractivity contribution in [1.82, 2.24) is 29.7 Å². The first-order chi connectivity index (χ1) is 14.0. The Hall–Kier alpha value is -2.88. The Morgan fingerprint density at radius 3 is 2.66 bits per heavy atom. The molecule has 0 aliphatic heterocycles. The number of anilines is 2. The summed E-state index contributed by atoms with van der Waals surface area (Å²) in [5.41, 5.74) is 0. The third-order valence-corrected chi connectivity index (χ3v) is 4.50. The van der Waals surface area contributed by atoms with Crippen LogP contribution in [0.2, 0.25) is 0 Å². The molecule has 0 radical (unpaired) electrons. The van der Waals surface area contributed by atoms with E-state index >= 15 is 0 Å². The molecule has 0 unspecified atom stereocenters.